The van der Waals surface area contributed by atoms with Gasteiger partial charge < -0.3 is 15.1 Å². The Morgan fingerprint density at radius 1 is 1.26 bits per heavy atom. The summed E-state index contributed by atoms with van der Waals surface area (Å²) in [6.07, 6.45) is 4.16. The van der Waals surface area contributed by atoms with Gasteiger partial charge in [0.1, 0.15) is 0 Å². The van der Waals surface area contributed by atoms with E-state index in [2.05, 4.69) is 5.32 Å². The Morgan fingerprint density at radius 2 is 2.04 bits per heavy atom. The van der Waals surface area contributed by atoms with Gasteiger partial charge in [-0.15, -0.1) is 12.4 Å². The number of nitrogens with one attached hydrogen (secondary N) is 1. The Hall–Kier alpha value is -1.31. The van der Waals surface area contributed by atoms with E-state index in [1.807, 2.05) is 31.1 Å². The lowest BCUT2D eigenvalue weighted by Crippen LogP contribution is -2.50. The number of likely N-dealkylation sites (tertiary alicyclic amines) is 1. The first-order valence-corrected chi connectivity index (χ1v) is 11.0. The van der Waals surface area contributed by atoms with Crippen molar-refractivity contribution in [2.24, 2.45) is 0 Å². The van der Waals surface area contributed by atoms with Crippen LogP contribution < -0.4 is 5.32 Å². The summed E-state index contributed by atoms with van der Waals surface area (Å²) in [6.45, 7) is 2.22. The number of benzene rings is 1. The molecule has 152 valence electrons. The number of hydrogen-bond acceptors (Lipinski definition) is 4. The summed E-state index contributed by atoms with van der Waals surface area (Å²) < 4.78 is 26.5. The minimum atomic E-state index is -3.42. The SMILES string of the molecule is CN(C)CCNC(=O)N1CCCC(S(=O)(=O)c2cccc3c2CCC3)C1.Cl. The van der Waals surface area contributed by atoms with Crippen molar-refractivity contribution in [2.45, 2.75) is 42.2 Å². The highest BCUT2D eigenvalue weighted by Crippen LogP contribution is 2.32. The van der Waals surface area contributed by atoms with E-state index in [4.69, 9.17) is 0 Å². The summed E-state index contributed by atoms with van der Waals surface area (Å²) in [4.78, 5) is 16.5. The van der Waals surface area contributed by atoms with Crippen LogP contribution in [0, 0.1) is 0 Å². The van der Waals surface area contributed by atoms with Crippen molar-refractivity contribution in [3.8, 4) is 0 Å². The van der Waals surface area contributed by atoms with E-state index in [0.717, 1.165) is 37.8 Å². The highest BCUT2D eigenvalue weighted by molar-refractivity contribution is 7.92. The van der Waals surface area contributed by atoms with Gasteiger partial charge in [-0.25, -0.2) is 13.2 Å². The minimum absolute atomic E-state index is 0. The molecule has 0 radical (unpaired) electrons. The summed E-state index contributed by atoms with van der Waals surface area (Å²) in [5, 5.41) is 2.38. The number of nitrogens with zero attached hydrogens (tertiary/aromatic N) is 2. The number of aryl methyl sites for hydroxylation is 1. The third-order valence-corrected chi connectivity index (χ3v) is 7.61. The number of likely N-dealkylation sites (N-methyl/N-ethyl adjacent to an activating group) is 1. The van der Waals surface area contributed by atoms with Gasteiger partial charge in [-0.2, -0.15) is 0 Å². The topological polar surface area (TPSA) is 69.7 Å². The maximum absolute atomic E-state index is 13.3. The molecule has 1 atom stereocenters. The number of urea groups is 1. The Bertz CT molecular complexity index is 767. The molecule has 1 saturated heterocycles. The molecule has 27 heavy (non-hydrogen) atoms. The van der Waals surface area contributed by atoms with E-state index in [9.17, 15) is 13.2 Å². The molecule has 1 aromatic rings. The van der Waals surface area contributed by atoms with Gasteiger partial charge in [0.2, 0.25) is 0 Å². The molecule has 1 unspecified atom stereocenters. The fourth-order valence-corrected chi connectivity index (χ4v) is 5.96. The Morgan fingerprint density at radius 3 is 2.78 bits per heavy atom. The van der Waals surface area contributed by atoms with E-state index < -0.39 is 15.1 Å². The van der Waals surface area contributed by atoms with Gasteiger partial charge in [0.05, 0.1) is 10.1 Å². The quantitative estimate of drug-likeness (QED) is 0.799. The molecule has 0 bridgehead atoms. The number of halogens is 1. The lowest BCUT2D eigenvalue weighted by atomic mass is 10.1. The van der Waals surface area contributed by atoms with Crippen LogP contribution in [0.15, 0.2) is 23.1 Å². The maximum Gasteiger partial charge on any atom is 0.317 e. The van der Waals surface area contributed by atoms with Crippen molar-refractivity contribution in [3.05, 3.63) is 29.3 Å². The Balaban J connectivity index is 0.00000261. The third kappa shape index (κ3) is 4.95. The predicted octanol–water partition coefficient (Wildman–Crippen LogP) is 2.11. The van der Waals surface area contributed by atoms with Crippen LogP contribution in [0.5, 0.6) is 0 Å². The number of piperidine rings is 1. The number of hydrogen-bond donors (Lipinski definition) is 1. The van der Waals surface area contributed by atoms with Crippen LogP contribution in [0.4, 0.5) is 4.79 Å². The average Bonchev–Trinajstić information content (AvgIpc) is 3.10. The zero-order valence-electron chi connectivity index (χ0n) is 16.1. The van der Waals surface area contributed by atoms with Crippen molar-refractivity contribution < 1.29 is 13.2 Å². The maximum atomic E-state index is 13.3. The van der Waals surface area contributed by atoms with Gasteiger partial charge in [-0.05, 0) is 63.4 Å². The monoisotopic (exact) mass is 415 g/mol. The van der Waals surface area contributed by atoms with Gasteiger partial charge in [0.15, 0.2) is 9.84 Å². The van der Waals surface area contributed by atoms with Crippen molar-refractivity contribution in [2.75, 3.05) is 40.3 Å². The largest absolute Gasteiger partial charge is 0.337 e. The molecule has 1 aliphatic heterocycles. The molecule has 1 heterocycles. The van der Waals surface area contributed by atoms with Crippen molar-refractivity contribution in [3.63, 3.8) is 0 Å². The summed E-state index contributed by atoms with van der Waals surface area (Å²) in [6, 6.07) is 5.47. The molecule has 3 rings (SSSR count). The highest BCUT2D eigenvalue weighted by Gasteiger charge is 2.35. The molecule has 0 aromatic heterocycles. The lowest BCUT2D eigenvalue weighted by Gasteiger charge is -2.33. The molecule has 2 aliphatic rings. The van der Waals surface area contributed by atoms with Crippen LogP contribution in [-0.4, -0.2) is 69.8 Å². The first-order chi connectivity index (χ1) is 12.4. The zero-order valence-corrected chi connectivity index (χ0v) is 17.7. The summed E-state index contributed by atoms with van der Waals surface area (Å²) in [5.41, 5.74) is 2.17. The molecule has 1 fully saturated rings. The van der Waals surface area contributed by atoms with Gasteiger partial charge in [-0.3, -0.25) is 0 Å². The first kappa shape index (κ1) is 22.0. The summed E-state index contributed by atoms with van der Waals surface area (Å²) >= 11 is 0. The molecule has 0 saturated carbocycles. The smallest absolute Gasteiger partial charge is 0.317 e. The third-order valence-electron chi connectivity index (χ3n) is 5.35. The van der Waals surface area contributed by atoms with Gasteiger partial charge in [-0.1, -0.05) is 12.1 Å². The van der Waals surface area contributed by atoms with Crippen molar-refractivity contribution in [1.82, 2.24) is 15.1 Å². The van der Waals surface area contributed by atoms with E-state index in [0.29, 0.717) is 24.4 Å². The number of carbonyl (C=O) groups is 1. The average molecular weight is 416 g/mol. The Labute approximate surface area is 168 Å². The number of fused-ring (bicyclic) bond motifs is 1. The first-order valence-electron chi connectivity index (χ1n) is 9.42. The second-order valence-electron chi connectivity index (χ2n) is 7.54. The second-order valence-corrected chi connectivity index (χ2v) is 9.73. The second kappa shape index (κ2) is 9.26. The van der Waals surface area contributed by atoms with Crippen molar-refractivity contribution in [1.29, 1.82) is 0 Å². The standard InChI is InChI=1S/C19H29N3O3S.ClH/c1-21(2)13-11-20-19(23)22-12-5-8-16(14-22)26(24,25)18-10-4-7-15-6-3-9-17(15)18;/h4,7,10,16H,3,5-6,8-9,11-14H2,1-2H3,(H,20,23);1H. The summed E-state index contributed by atoms with van der Waals surface area (Å²) in [5.74, 6) is 0. The number of sulfone groups is 1. The van der Waals surface area contributed by atoms with E-state index >= 15 is 0 Å². The summed E-state index contributed by atoms with van der Waals surface area (Å²) in [7, 11) is 0.487. The molecule has 8 heteroatoms. The van der Waals surface area contributed by atoms with Gasteiger partial charge in [0, 0.05) is 26.2 Å². The van der Waals surface area contributed by atoms with Gasteiger partial charge >= 0.3 is 6.03 Å². The van der Waals surface area contributed by atoms with E-state index in [1.54, 1.807) is 11.0 Å². The van der Waals surface area contributed by atoms with Crippen LogP contribution in [0.1, 0.15) is 30.4 Å². The molecule has 6 nitrogen and oxygen atoms in total. The molecule has 1 N–H and O–H groups in total. The number of carbonyl (C=O) groups excluding carboxylic acids is 1. The molecular weight excluding hydrogens is 386 g/mol. The Kier molecular flexibility index (Phi) is 7.54. The van der Waals surface area contributed by atoms with Gasteiger partial charge in [0.25, 0.3) is 0 Å². The molecular formula is C19H30ClN3O3S. The van der Waals surface area contributed by atoms with Crippen LogP contribution in [0.2, 0.25) is 0 Å². The zero-order chi connectivity index (χ0) is 18.7. The predicted molar refractivity (Wildman–Crippen MR) is 109 cm³/mol. The fraction of sp³-hybridized carbons (Fsp3) is 0.632. The molecule has 1 aliphatic carbocycles. The lowest BCUT2D eigenvalue weighted by molar-refractivity contribution is 0.186. The van der Waals surface area contributed by atoms with Crippen molar-refractivity contribution >= 4 is 28.3 Å². The fourth-order valence-electron chi connectivity index (χ4n) is 3.90. The van der Waals surface area contributed by atoms with E-state index in [-0.39, 0.29) is 25.0 Å². The highest BCUT2D eigenvalue weighted by atomic mass is 35.5. The minimum Gasteiger partial charge on any atom is -0.337 e. The number of rotatable bonds is 5. The molecule has 2 amide bonds. The molecule has 1 aromatic carbocycles. The van der Waals surface area contributed by atoms with Crippen LogP contribution in [0.25, 0.3) is 0 Å². The number of amides is 2. The van der Waals surface area contributed by atoms with E-state index in [1.165, 1.54) is 5.56 Å². The van der Waals surface area contributed by atoms with Crippen LogP contribution in [-0.2, 0) is 22.7 Å². The molecule has 0 spiro atoms. The van der Waals surface area contributed by atoms with Crippen LogP contribution in [0.3, 0.4) is 0 Å². The van der Waals surface area contributed by atoms with Crippen LogP contribution >= 0.6 is 12.4 Å². The normalized spacial score (nSPS) is 19.5.